The Balaban J connectivity index is 1.46. The normalized spacial score (nSPS) is 24.0. The van der Waals surface area contributed by atoms with Crippen molar-refractivity contribution in [3.63, 3.8) is 0 Å². The van der Waals surface area contributed by atoms with Gasteiger partial charge in [0.05, 0.1) is 5.54 Å². The quantitative estimate of drug-likeness (QED) is 0.633. The van der Waals surface area contributed by atoms with Crippen LogP contribution < -0.4 is 16.0 Å². The van der Waals surface area contributed by atoms with Gasteiger partial charge in [0.1, 0.15) is 6.04 Å². The highest BCUT2D eigenvalue weighted by Crippen LogP contribution is 2.30. The van der Waals surface area contributed by atoms with E-state index in [-0.39, 0.29) is 31.3 Å². The summed E-state index contributed by atoms with van der Waals surface area (Å²) in [7, 11) is 0. The highest BCUT2D eigenvalue weighted by atomic mass is 19.3. The lowest BCUT2D eigenvalue weighted by atomic mass is 9.88. The smallest absolute Gasteiger partial charge is 0.256 e. The minimum atomic E-state index is -2.45. The van der Waals surface area contributed by atoms with Gasteiger partial charge < -0.3 is 15.5 Å². The molecule has 1 aromatic carbocycles. The predicted octanol–water partition coefficient (Wildman–Crippen LogP) is 0.924. The summed E-state index contributed by atoms with van der Waals surface area (Å²) in [5, 5.41) is 8.43. The zero-order chi connectivity index (χ0) is 20.6. The molecule has 0 aromatic heterocycles. The number of benzene rings is 1. The van der Waals surface area contributed by atoms with Crippen molar-refractivity contribution in [2.75, 3.05) is 13.1 Å². The molecule has 2 saturated heterocycles. The average Bonchev–Trinajstić information content (AvgIpc) is 3.03. The summed E-state index contributed by atoms with van der Waals surface area (Å²) in [5.41, 5.74) is 0.915. The van der Waals surface area contributed by atoms with Crippen LogP contribution in [0.1, 0.15) is 47.2 Å². The number of alkyl halides is 2. The van der Waals surface area contributed by atoms with Gasteiger partial charge in [-0.3, -0.25) is 19.7 Å². The number of hydrogen-bond donors (Lipinski definition) is 3. The highest BCUT2D eigenvalue weighted by molar-refractivity contribution is 6.05. The Bertz CT molecular complexity index is 839. The lowest BCUT2D eigenvalue weighted by Crippen LogP contribution is -2.56. The number of nitrogens with zero attached hydrogens (tertiary/aromatic N) is 1. The fourth-order valence-electron chi connectivity index (χ4n) is 4.36. The molecule has 3 amide bonds. The van der Waals surface area contributed by atoms with E-state index in [1.807, 2.05) is 6.07 Å². The first-order valence-electron chi connectivity index (χ1n) is 9.90. The molecule has 29 heavy (non-hydrogen) atoms. The summed E-state index contributed by atoms with van der Waals surface area (Å²) in [4.78, 5) is 37.7. The van der Waals surface area contributed by atoms with E-state index in [0.29, 0.717) is 37.9 Å². The molecule has 3 aliphatic heterocycles. The maximum atomic E-state index is 13.7. The van der Waals surface area contributed by atoms with Crippen molar-refractivity contribution < 1.29 is 23.2 Å². The Kier molecular flexibility index (Phi) is 5.35. The molecule has 4 rings (SSSR count). The van der Waals surface area contributed by atoms with Crippen LogP contribution in [-0.2, 0) is 22.7 Å². The van der Waals surface area contributed by atoms with Gasteiger partial charge in [-0.1, -0.05) is 12.1 Å². The molecule has 1 atom stereocenters. The lowest BCUT2D eigenvalue weighted by Gasteiger charge is -2.38. The van der Waals surface area contributed by atoms with Crippen LogP contribution in [0.25, 0.3) is 0 Å². The van der Waals surface area contributed by atoms with Gasteiger partial charge in [-0.2, -0.15) is 0 Å². The van der Waals surface area contributed by atoms with Crippen LogP contribution in [0.4, 0.5) is 8.78 Å². The first-order chi connectivity index (χ1) is 13.9. The fraction of sp³-hybridized carbons (Fsp3) is 0.550. The van der Waals surface area contributed by atoms with Gasteiger partial charge in [0.2, 0.25) is 11.8 Å². The van der Waals surface area contributed by atoms with E-state index in [0.717, 1.165) is 11.1 Å². The fourth-order valence-corrected chi connectivity index (χ4v) is 4.36. The van der Waals surface area contributed by atoms with Gasteiger partial charge in [0, 0.05) is 25.1 Å². The number of fused-ring (bicyclic) bond motifs is 1. The second kappa shape index (κ2) is 7.79. The first-order valence-corrected chi connectivity index (χ1v) is 9.90. The third-order valence-corrected chi connectivity index (χ3v) is 6.15. The number of piperidine rings is 2. The van der Waals surface area contributed by atoms with Crippen molar-refractivity contribution in [3.05, 3.63) is 34.9 Å². The molecule has 9 heteroatoms. The topological polar surface area (TPSA) is 90.5 Å². The van der Waals surface area contributed by atoms with Crippen LogP contribution in [0.3, 0.4) is 0 Å². The summed E-state index contributed by atoms with van der Waals surface area (Å²) >= 11 is 0. The van der Waals surface area contributed by atoms with Gasteiger partial charge in [0.25, 0.3) is 12.3 Å². The molecule has 0 aliphatic carbocycles. The standard InChI is InChI=1S/C20H24F2N4O3/c21-19(22)20(5-7-23-8-6-20)24-10-12-1-2-14-13(9-12)11-26(18(14)29)15-3-4-16(27)25-17(15)28/h1-2,9,15,19,23-24H,3-8,10-11H2,(H,25,27,28). The van der Waals surface area contributed by atoms with Crippen LogP contribution >= 0.6 is 0 Å². The summed E-state index contributed by atoms with van der Waals surface area (Å²) in [6.07, 6.45) is -1.22. The molecule has 3 aliphatic rings. The summed E-state index contributed by atoms with van der Waals surface area (Å²) < 4.78 is 27.3. The van der Waals surface area contributed by atoms with Crippen molar-refractivity contribution in [2.24, 2.45) is 0 Å². The third kappa shape index (κ3) is 3.76. The molecule has 7 nitrogen and oxygen atoms in total. The Morgan fingerprint density at radius 1 is 1.21 bits per heavy atom. The van der Waals surface area contributed by atoms with E-state index in [9.17, 15) is 23.2 Å². The molecule has 3 N–H and O–H groups in total. The molecule has 2 fully saturated rings. The van der Waals surface area contributed by atoms with Crippen molar-refractivity contribution in [3.8, 4) is 0 Å². The maximum absolute atomic E-state index is 13.7. The van der Waals surface area contributed by atoms with E-state index in [1.54, 1.807) is 12.1 Å². The molecule has 156 valence electrons. The van der Waals surface area contributed by atoms with Crippen LogP contribution in [0.15, 0.2) is 18.2 Å². The molecule has 0 bridgehead atoms. The molecule has 1 aromatic rings. The molecular weight excluding hydrogens is 382 g/mol. The minimum absolute atomic E-state index is 0.205. The lowest BCUT2D eigenvalue weighted by molar-refractivity contribution is -0.136. The molecule has 1 unspecified atom stereocenters. The predicted molar refractivity (Wildman–Crippen MR) is 100 cm³/mol. The zero-order valence-electron chi connectivity index (χ0n) is 16.0. The van der Waals surface area contributed by atoms with Crippen LogP contribution in [0.2, 0.25) is 0 Å². The van der Waals surface area contributed by atoms with Crippen LogP contribution in [0.5, 0.6) is 0 Å². The van der Waals surface area contributed by atoms with E-state index < -0.39 is 23.9 Å². The van der Waals surface area contributed by atoms with E-state index in [4.69, 9.17) is 0 Å². The van der Waals surface area contributed by atoms with E-state index in [1.165, 1.54) is 4.90 Å². The number of hydrogen-bond acceptors (Lipinski definition) is 5. The minimum Gasteiger partial charge on any atom is -0.322 e. The average molecular weight is 406 g/mol. The molecule has 3 heterocycles. The van der Waals surface area contributed by atoms with Crippen molar-refractivity contribution in [2.45, 2.75) is 56.8 Å². The van der Waals surface area contributed by atoms with Crippen LogP contribution in [0, 0.1) is 0 Å². The van der Waals surface area contributed by atoms with Crippen LogP contribution in [-0.4, -0.2) is 53.7 Å². The second-order valence-electron chi connectivity index (χ2n) is 7.95. The largest absolute Gasteiger partial charge is 0.322 e. The van der Waals surface area contributed by atoms with Crippen molar-refractivity contribution >= 4 is 17.7 Å². The van der Waals surface area contributed by atoms with Crippen molar-refractivity contribution in [1.82, 2.24) is 20.9 Å². The van der Waals surface area contributed by atoms with Gasteiger partial charge in [-0.25, -0.2) is 8.78 Å². The maximum Gasteiger partial charge on any atom is 0.256 e. The van der Waals surface area contributed by atoms with E-state index >= 15 is 0 Å². The Morgan fingerprint density at radius 3 is 2.66 bits per heavy atom. The van der Waals surface area contributed by atoms with Gasteiger partial charge in [0.15, 0.2) is 0 Å². The number of rotatable bonds is 5. The molecular formula is C20H24F2N4O3. The van der Waals surface area contributed by atoms with Gasteiger partial charge in [-0.15, -0.1) is 0 Å². The molecule has 0 radical (unpaired) electrons. The van der Waals surface area contributed by atoms with E-state index in [2.05, 4.69) is 16.0 Å². The Morgan fingerprint density at radius 2 is 1.97 bits per heavy atom. The SMILES string of the molecule is O=C1CCC(N2Cc3cc(CNC4(C(F)F)CCNCC4)ccc3C2=O)C(=O)N1. The van der Waals surface area contributed by atoms with Crippen molar-refractivity contribution in [1.29, 1.82) is 0 Å². The number of carbonyl (C=O) groups excluding carboxylic acids is 3. The monoisotopic (exact) mass is 406 g/mol. The second-order valence-corrected chi connectivity index (χ2v) is 7.95. The first kappa shape index (κ1) is 19.9. The number of halogens is 2. The van der Waals surface area contributed by atoms with Gasteiger partial charge >= 0.3 is 0 Å². The molecule has 0 spiro atoms. The Labute approximate surface area is 167 Å². The summed E-state index contributed by atoms with van der Waals surface area (Å²) in [5.74, 6) is -1.01. The zero-order valence-corrected chi connectivity index (χ0v) is 16.0. The summed E-state index contributed by atoms with van der Waals surface area (Å²) in [6, 6.07) is 4.63. The number of nitrogens with one attached hydrogen (secondary N) is 3. The number of imide groups is 1. The highest BCUT2D eigenvalue weighted by Gasteiger charge is 2.41. The number of carbonyl (C=O) groups is 3. The third-order valence-electron chi connectivity index (χ3n) is 6.15. The molecule has 0 saturated carbocycles. The number of amides is 3. The Hall–Kier alpha value is -2.39. The van der Waals surface area contributed by atoms with Gasteiger partial charge in [-0.05, 0) is 49.5 Å². The summed E-state index contributed by atoms with van der Waals surface area (Å²) in [6.45, 7) is 1.66.